The van der Waals surface area contributed by atoms with Gasteiger partial charge in [0.1, 0.15) is 23.1 Å². The summed E-state index contributed by atoms with van der Waals surface area (Å²) in [6, 6.07) is 7.48. The smallest absolute Gasteiger partial charge is 0.160 e. The minimum Gasteiger partial charge on any atom is -0.497 e. The number of hydrogen-bond acceptors (Lipinski definition) is 6. The van der Waals surface area contributed by atoms with Crippen molar-refractivity contribution in [2.24, 2.45) is 7.05 Å². The summed E-state index contributed by atoms with van der Waals surface area (Å²) in [6.45, 7) is 0. The molecular formula is C14H14N6O. The van der Waals surface area contributed by atoms with Gasteiger partial charge in [0.15, 0.2) is 11.3 Å². The summed E-state index contributed by atoms with van der Waals surface area (Å²) in [5.41, 5.74) is 2.22. The Morgan fingerprint density at radius 2 is 1.86 bits per heavy atom. The molecule has 0 aliphatic heterocycles. The molecule has 0 saturated heterocycles. The molecular weight excluding hydrogens is 268 g/mol. The number of anilines is 2. The van der Waals surface area contributed by atoms with Crippen molar-refractivity contribution in [3.8, 4) is 5.75 Å². The standard InChI is InChI=1S/C14H14N6O/c1-20-8-18-12-11(13(20)15)16-7-17-14(12)19-9-3-5-10(21-2)6-4-9/h3-8,15H,1-2H3,(H,16,17,19). The first-order valence-electron chi connectivity index (χ1n) is 6.31. The van der Waals surface area contributed by atoms with Gasteiger partial charge in [0.2, 0.25) is 0 Å². The fourth-order valence-corrected chi connectivity index (χ4v) is 1.95. The normalized spacial score (nSPS) is 10.6. The van der Waals surface area contributed by atoms with Crippen molar-refractivity contribution >= 4 is 22.5 Å². The van der Waals surface area contributed by atoms with Crippen LogP contribution in [0.4, 0.5) is 11.5 Å². The summed E-state index contributed by atoms with van der Waals surface area (Å²) in [4.78, 5) is 12.6. The van der Waals surface area contributed by atoms with Crippen molar-refractivity contribution in [3.63, 3.8) is 0 Å². The number of rotatable bonds is 3. The molecule has 0 atom stereocenters. The van der Waals surface area contributed by atoms with Crippen LogP contribution in [0.5, 0.6) is 5.75 Å². The number of methoxy groups -OCH3 is 1. The first-order valence-corrected chi connectivity index (χ1v) is 6.31. The molecule has 0 amide bonds. The van der Waals surface area contributed by atoms with Crippen LogP contribution in [0.3, 0.4) is 0 Å². The van der Waals surface area contributed by atoms with Gasteiger partial charge in [-0.2, -0.15) is 0 Å². The maximum absolute atomic E-state index is 8.01. The van der Waals surface area contributed by atoms with Crippen molar-refractivity contribution in [2.75, 3.05) is 12.4 Å². The molecule has 1 aromatic carbocycles. The predicted molar refractivity (Wildman–Crippen MR) is 78.4 cm³/mol. The van der Waals surface area contributed by atoms with E-state index >= 15 is 0 Å². The minimum atomic E-state index is 0.292. The number of benzene rings is 1. The van der Waals surface area contributed by atoms with Crippen molar-refractivity contribution in [2.45, 2.75) is 0 Å². The molecule has 0 spiro atoms. The Morgan fingerprint density at radius 1 is 1.10 bits per heavy atom. The van der Waals surface area contributed by atoms with Crippen LogP contribution < -0.4 is 15.5 Å². The highest BCUT2D eigenvalue weighted by Gasteiger charge is 2.08. The highest BCUT2D eigenvalue weighted by molar-refractivity contribution is 5.85. The third-order valence-electron chi connectivity index (χ3n) is 3.11. The van der Waals surface area contributed by atoms with E-state index in [2.05, 4.69) is 20.3 Å². The lowest BCUT2D eigenvalue weighted by Crippen LogP contribution is -2.19. The summed E-state index contributed by atoms with van der Waals surface area (Å²) in [7, 11) is 3.38. The zero-order valence-corrected chi connectivity index (χ0v) is 11.7. The molecule has 2 heterocycles. The van der Waals surface area contributed by atoms with Gasteiger partial charge in [0.05, 0.1) is 13.4 Å². The number of nitrogens with zero attached hydrogens (tertiary/aromatic N) is 4. The number of hydrogen-bond donors (Lipinski definition) is 2. The summed E-state index contributed by atoms with van der Waals surface area (Å²) >= 11 is 0. The molecule has 21 heavy (non-hydrogen) atoms. The van der Waals surface area contributed by atoms with Crippen LogP contribution in [-0.2, 0) is 7.05 Å². The minimum absolute atomic E-state index is 0.292. The molecule has 106 valence electrons. The molecule has 2 N–H and O–H groups in total. The maximum atomic E-state index is 8.01. The van der Waals surface area contributed by atoms with Crippen LogP contribution in [0.2, 0.25) is 0 Å². The molecule has 7 heteroatoms. The number of nitrogens with one attached hydrogen (secondary N) is 2. The zero-order chi connectivity index (χ0) is 14.8. The molecule has 2 aromatic heterocycles. The van der Waals surface area contributed by atoms with Gasteiger partial charge in [-0.25, -0.2) is 15.0 Å². The Balaban J connectivity index is 2.04. The third kappa shape index (κ3) is 2.40. The van der Waals surface area contributed by atoms with Crippen LogP contribution in [0.15, 0.2) is 36.9 Å². The zero-order valence-electron chi connectivity index (χ0n) is 11.7. The Hall–Kier alpha value is -2.96. The molecule has 0 saturated carbocycles. The molecule has 0 aliphatic rings. The quantitative estimate of drug-likeness (QED) is 0.761. The largest absolute Gasteiger partial charge is 0.497 e. The fraction of sp³-hybridized carbons (Fsp3) is 0.143. The molecule has 0 radical (unpaired) electrons. The summed E-state index contributed by atoms with van der Waals surface area (Å²) in [5, 5.41) is 11.2. The summed E-state index contributed by atoms with van der Waals surface area (Å²) in [5.74, 6) is 1.35. The lowest BCUT2D eigenvalue weighted by atomic mass is 10.3. The van der Waals surface area contributed by atoms with E-state index < -0.39 is 0 Å². The van der Waals surface area contributed by atoms with Gasteiger partial charge in [0.25, 0.3) is 0 Å². The van der Waals surface area contributed by atoms with E-state index in [9.17, 15) is 0 Å². The Kier molecular flexibility index (Phi) is 3.23. The van der Waals surface area contributed by atoms with E-state index in [1.807, 2.05) is 24.3 Å². The number of fused-ring (bicyclic) bond motifs is 1. The van der Waals surface area contributed by atoms with E-state index in [0.717, 1.165) is 11.4 Å². The molecule has 3 aromatic rings. The lowest BCUT2D eigenvalue weighted by Gasteiger charge is -2.09. The first-order chi connectivity index (χ1) is 10.2. The van der Waals surface area contributed by atoms with Gasteiger partial charge in [-0.05, 0) is 24.3 Å². The number of aryl methyl sites for hydroxylation is 1. The second-order valence-electron chi connectivity index (χ2n) is 4.48. The second kappa shape index (κ2) is 5.20. The Labute approximate surface area is 120 Å². The lowest BCUT2D eigenvalue weighted by molar-refractivity contribution is 0.415. The van der Waals surface area contributed by atoms with Crippen LogP contribution in [0, 0.1) is 5.41 Å². The van der Waals surface area contributed by atoms with E-state index in [-0.39, 0.29) is 0 Å². The van der Waals surface area contributed by atoms with Gasteiger partial charge in [0, 0.05) is 12.7 Å². The van der Waals surface area contributed by atoms with E-state index in [1.165, 1.54) is 6.33 Å². The molecule has 7 nitrogen and oxygen atoms in total. The maximum Gasteiger partial charge on any atom is 0.160 e. The van der Waals surface area contributed by atoms with E-state index in [1.54, 1.807) is 25.1 Å². The highest BCUT2D eigenvalue weighted by Crippen LogP contribution is 2.21. The molecule has 0 unspecified atom stereocenters. The Bertz CT molecular complexity index is 840. The number of ether oxygens (including phenoxy) is 1. The van der Waals surface area contributed by atoms with E-state index in [4.69, 9.17) is 10.1 Å². The monoisotopic (exact) mass is 282 g/mol. The summed E-state index contributed by atoms with van der Waals surface area (Å²) in [6.07, 6.45) is 3.00. The average Bonchev–Trinajstić information content (AvgIpc) is 2.52. The summed E-state index contributed by atoms with van der Waals surface area (Å²) < 4.78 is 6.73. The van der Waals surface area contributed by atoms with Crippen molar-refractivity contribution < 1.29 is 4.74 Å². The van der Waals surface area contributed by atoms with Gasteiger partial charge in [-0.3, -0.25) is 5.41 Å². The molecule has 0 bridgehead atoms. The van der Waals surface area contributed by atoms with Crippen molar-refractivity contribution in [1.29, 1.82) is 5.41 Å². The van der Waals surface area contributed by atoms with Gasteiger partial charge < -0.3 is 14.6 Å². The van der Waals surface area contributed by atoms with Crippen LogP contribution >= 0.6 is 0 Å². The molecule has 0 fully saturated rings. The van der Waals surface area contributed by atoms with Crippen LogP contribution in [-0.4, -0.2) is 26.6 Å². The third-order valence-corrected chi connectivity index (χ3v) is 3.11. The van der Waals surface area contributed by atoms with Crippen LogP contribution in [0.25, 0.3) is 11.0 Å². The van der Waals surface area contributed by atoms with Gasteiger partial charge in [-0.15, -0.1) is 0 Å². The van der Waals surface area contributed by atoms with Gasteiger partial charge >= 0.3 is 0 Å². The number of aromatic nitrogens is 4. The SMILES string of the molecule is COc1ccc(Nc2ncnc3c(=N)n(C)cnc23)cc1. The predicted octanol–water partition coefficient (Wildman–Crippen LogP) is 1.59. The van der Waals surface area contributed by atoms with E-state index in [0.29, 0.717) is 22.3 Å². The van der Waals surface area contributed by atoms with Crippen molar-refractivity contribution in [3.05, 3.63) is 42.4 Å². The Morgan fingerprint density at radius 3 is 2.57 bits per heavy atom. The first kappa shape index (κ1) is 13.0. The second-order valence-corrected chi connectivity index (χ2v) is 4.48. The molecule has 3 rings (SSSR count). The van der Waals surface area contributed by atoms with Crippen molar-refractivity contribution in [1.82, 2.24) is 19.5 Å². The van der Waals surface area contributed by atoms with Crippen LogP contribution in [0.1, 0.15) is 0 Å². The fourth-order valence-electron chi connectivity index (χ4n) is 1.95. The van der Waals surface area contributed by atoms with Gasteiger partial charge in [-0.1, -0.05) is 0 Å². The highest BCUT2D eigenvalue weighted by atomic mass is 16.5. The molecule has 0 aliphatic carbocycles. The topological polar surface area (TPSA) is 88.7 Å². The average molecular weight is 282 g/mol.